The monoisotopic (exact) mass is 458 g/mol. The molecule has 2 aromatic rings. The van der Waals surface area contributed by atoms with Gasteiger partial charge in [0.25, 0.3) is 0 Å². The molecule has 3 rings (SSSR count). The van der Waals surface area contributed by atoms with Gasteiger partial charge in [0.15, 0.2) is 5.75 Å². The number of halogens is 4. The van der Waals surface area contributed by atoms with Gasteiger partial charge < -0.3 is 19.7 Å². The summed E-state index contributed by atoms with van der Waals surface area (Å²) in [5, 5.41) is 2.36. The van der Waals surface area contributed by atoms with Crippen molar-refractivity contribution in [2.24, 2.45) is 0 Å². The second-order valence-corrected chi connectivity index (χ2v) is 7.93. The maximum Gasteiger partial charge on any atom is 0.451 e. The van der Waals surface area contributed by atoms with E-state index in [0.717, 1.165) is 44.4 Å². The van der Waals surface area contributed by atoms with Gasteiger partial charge in [0.05, 0.1) is 12.4 Å². The highest BCUT2D eigenvalue weighted by atomic mass is 19.4. The number of rotatable bonds is 3. The minimum absolute atomic E-state index is 0.0102. The number of alkyl halides is 3. The Balaban J connectivity index is 0.000000344. The summed E-state index contributed by atoms with van der Waals surface area (Å²) in [7, 11) is 1.54. The Morgan fingerprint density at radius 1 is 1.03 bits per heavy atom. The SMILES string of the molecule is CNC(=O)OC(C)(C)C.Fc1cc(Oc2cnc(C(F)(F)F)nc2)cc(N2CCCC2)c1. The number of anilines is 1. The lowest BCUT2D eigenvalue weighted by atomic mass is 10.2. The molecule has 1 aromatic heterocycles. The van der Waals surface area contributed by atoms with Crippen LogP contribution in [0.5, 0.6) is 11.5 Å². The number of aromatic nitrogens is 2. The molecule has 0 unspecified atom stereocenters. The van der Waals surface area contributed by atoms with Crippen molar-refractivity contribution in [3.8, 4) is 11.5 Å². The molecule has 0 saturated carbocycles. The number of carbonyl (C=O) groups is 1. The number of amides is 1. The number of carbonyl (C=O) groups excluding carboxylic acids is 1. The Morgan fingerprint density at radius 2 is 1.62 bits per heavy atom. The van der Waals surface area contributed by atoms with E-state index in [1.807, 2.05) is 25.7 Å². The molecule has 32 heavy (non-hydrogen) atoms. The van der Waals surface area contributed by atoms with Crippen molar-refractivity contribution in [2.75, 3.05) is 25.0 Å². The van der Waals surface area contributed by atoms with Gasteiger partial charge in [-0.15, -0.1) is 0 Å². The first-order valence-electron chi connectivity index (χ1n) is 9.91. The van der Waals surface area contributed by atoms with Crippen LogP contribution < -0.4 is 15.0 Å². The smallest absolute Gasteiger partial charge is 0.451 e. The standard InChI is InChI=1S/C15H13F4N3O.C6H13NO2/c16-10-5-11(22-3-1-2-4-22)7-12(6-10)23-13-8-20-14(21-9-13)15(17,18)19;1-6(2,3)9-5(8)7-4/h5-9H,1-4H2;1-4H3,(H,7,8). The van der Waals surface area contributed by atoms with Crippen LogP contribution in [0.1, 0.15) is 39.4 Å². The highest BCUT2D eigenvalue weighted by Gasteiger charge is 2.34. The summed E-state index contributed by atoms with van der Waals surface area (Å²) >= 11 is 0. The highest BCUT2D eigenvalue weighted by Crippen LogP contribution is 2.30. The summed E-state index contributed by atoms with van der Waals surface area (Å²) in [6.45, 7) is 7.14. The molecule has 0 radical (unpaired) electrons. The Kier molecular flexibility index (Phi) is 8.23. The zero-order valence-corrected chi connectivity index (χ0v) is 18.3. The molecule has 1 aliphatic heterocycles. The normalized spacial score (nSPS) is 13.8. The minimum atomic E-state index is -4.61. The lowest BCUT2D eigenvalue weighted by molar-refractivity contribution is -0.145. The zero-order valence-electron chi connectivity index (χ0n) is 18.3. The summed E-state index contributed by atoms with van der Waals surface area (Å²) < 4.78 is 61.1. The van der Waals surface area contributed by atoms with Crippen molar-refractivity contribution < 1.29 is 31.8 Å². The van der Waals surface area contributed by atoms with Gasteiger partial charge in [-0.3, -0.25) is 0 Å². The average molecular weight is 458 g/mol. The maximum absolute atomic E-state index is 13.7. The molecule has 0 atom stereocenters. The summed E-state index contributed by atoms with van der Waals surface area (Å²) in [6.07, 6.45) is -1.09. The van der Waals surface area contributed by atoms with E-state index in [1.165, 1.54) is 13.1 Å². The van der Waals surface area contributed by atoms with E-state index in [-0.39, 0.29) is 23.2 Å². The van der Waals surface area contributed by atoms with Gasteiger partial charge in [-0.05, 0) is 39.7 Å². The van der Waals surface area contributed by atoms with Crippen LogP contribution in [-0.2, 0) is 10.9 Å². The van der Waals surface area contributed by atoms with E-state index >= 15 is 0 Å². The third-order valence-electron chi connectivity index (χ3n) is 4.05. The molecular formula is C21H26F4N4O3. The van der Waals surface area contributed by atoms with Gasteiger partial charge in [-0.1, -0.05) is 0 Å². The molecule has 0 spiro atoms. The van der Waals surface area contributed by atoms with Crippen LogP contribution in [0.3, 0.4) is 0 Å². The fraction of sp³-hybridized carbons (Fsp3) is 0.476. The van der Waals surface area contributed by atoms with E-state index in [9.17, 15) is 22.4 Å². The third-order valence-corrected chi connectivity index (χ3v) is 4.05. The van der Waals surface area contributed by atoms with Crippen molar-refractivity contribution in [2.45, 2.75) is 45.4 Å². The van der Waals surface area contributed by atoms with Gasteiger partial charge in [0, 0.05) is 38.0 Å². The van der Waals surface area contributed by atoms with E-state index in [4.69, 9.17) is 9.47 Å². The minimum Gasteiger partial charge on any atom is -0.454 e. The first-order valence-corrected chi connectivity index (χ1v) is 9.91. The van der Waals surface area contributed by atoms with Crippen molar-refractivity contribution in [1.29, 1.82) is 0 Å². The predicted molar refractivity (Wildman–Crippen MR) is 110 cm³/mol. The van der Waals surface area contributed by atoms with Gasteiger partial charge in [-0.25, -0.2) is 19.2 Å². The lowest BCUT2D eigenvalue weighted by Crippen LogP contribution is -2.30. The number of hydrogen-bond acceptors (Lipinski definition) is 6. The largest absolute Gasteiger partial charge is 0.454 e. The average Bonchev–Trinajstić information content (AvgIpc) is 3.21. The Morgan fingerprint density at radius 3 is 2.09 bits per heavy atom. The second-order valence-electron chi connectivity index (χ2n) is 7.93. The maximum atomic E-state index is 13.7. The van der Waals surface area contributed by atoms with E-state index in [2.05, 4.69) is 15.3 Å². The Labute approximate surface area is 183 Å². The number of nitrogens with one attached hydrogen (secondary N) is 1. The fourth-order valence-electron chi connectivity index (χ4n) is 2.75. The number of nitrogens with zero attached hydrogens (tertiary/aromatic N) is 3. The van der Waals surface area contributed by atoms with Crippen LogP contribution in [0.25, 0.3) is 0 Å². The first kappa shape index (κ1) is 25.2. The highest BCUT2D eigenvalue weighted by molar-refractivity contribution is 5.67. The second kappa shape index (κ2) is 10.5. The summed E-state index contributed by atoms with van der Waals surface area (Å²) in [5.41, 5.74) is 0.297. The lowest BCUT2D eigenvalue weighted by Gasteiger charge is -2.18. The van der Waals surface area contributed by atoms with Crippen LogP contribution in [0.2, 0.25) is 0 Å². The number of alkyl carbamates (subject to hydrolysis) is 1. The molecule has 1 aliphatic rings. The molecule has 2 heterocycles. The van der Waals surface area contributed by atoms with Gasteiger partial charge in [-0.2, -0.15) is 13.2 Å². The molecule has 1 amide bonds. The molecule has 1 saturated heterocycles. The van der Waals surface area contributed by atoms with Crippen LogP contribution >= 0.6 is 0 Å². The topological polar surface area (TPSA) is 76.6 Å². The first-order chi connectivity index (χ1) is 14.9. The molecule has 1 fully saturated rings. The van der Waals surface area contributed by atoms with Gasteiger partial charge >= 0.3 is 12.3 Å². The van der Waals surface area contributed by atoms with E-state index < -0.39 is 17.8 Å². The van der Waals surface area contributed by atoms with Crippen molar-refractivity contribution in [3.63, 3.8) is 0 Å². The Bertz CT molecular complexity index is 893. The summed E-state index contributed by atoms with van der Waals surface area (Å²) in [5.74, 6) is -1.52. The van der Waals surface area contributed by atoms with Gasteiger partial charge in [0.1, 0.15) is 17.2 Å². The van der Waals surface area contributed by atoms with Gasteiger partial charge in [0.2, 0.25) is 5.82 Å². The van der Waals surface area contributed by atoms with Crippen LogP contribution in [0.4, 0.5) is 28.0 Å². The third kappa shape index (κ3) is 8.20. The number of ether oxygens (including phenoxy) is 2. The zero-order chi connectivity index (χ0) is 23.9. The van der Waals surface area contributed by atoms with Crippen molar-refractivity contribution >= 4 is 11.8 Å². The molecule has 1 N–H and O–H groups in total. The Hall–Kier alpha value is -3.11. The molecule has 0 bridgehead atoms. The number of benzene rings is 1. The summed E-state index contributed by atoms with van der Waals surface area (Å²) in [4.78, 5) is 18.9. The molecule has 11 heteroatoms. The summed E-state index contributed by atoms with van der Waals surface area (Å²) in [6, 6.07) is 4.21. The molecule has 1 aromatic carbocycles. The van der Waals surface area contributed by atoms with Crippen LogP contribution in [0.15, 0.2) is 30.6 Å². The van der Waals surface area contributed by atoms with E-state index in [1.54, 1.807) is 6.07 Å². The van der Waals surface area contributed by atoms with Crippen LogP contribution in [-0.4, -0.2) is 41.8 Å². The predicted octanol–water partition coefficient (Wildman–Crippen LogP) is 5.17. The van der Waals surface area contributed by atoms with Crippen molar-refractivity contribution in [3.05, 3.63) is 42.2 Å². The van der Waals surface area contributed by atoms with E-state index in [0.29, 0.717) is 5.69 Å². The molecule has 176 valence electrons. The number of hydrogen-bond donors (Lipinski definition) is 1. The van der Waals surface area contributed by atoms with Crippen molar-refractivity contribution in [1.82, 2.24) is 15.3 Å². The fourth-order valence-corrected chi connectivity index (χ4v) is 2.75. The molecular weight excluding hydrogens is 432 g/mol. The molecule has 0 aliphatic carbocycles. The quantitative estimate of drug-likeness (QED) is 0.640. The molecule has 7 nitrogen and oxygen atoms in total. The van der Waals surface area contributed by atoms with Crippen LogP contribution in [0, 0.1) is 5.82 Å².